The molecule has 2 rings (SSSR count). The highest BCUT2D eigenvalue weighted by Crippen LogP contribution is 2.14. The summed E-state index contributed by atoms with van der Waals surface area (Å²) in [6.45, 7) is 6.70. The monoisotopic (exact) mass is 307 g/mol. The molecule has 114 valence electrons. The van der Waals surface area contributed by atoms with Gasteiger partial charge in [-0.15, -0.1) is 11.3 Å². The zero-order valence-electron chi connectivity index (χ0n) is 12.4. The van der Waals surface area contributed by atoms with Crippen molar-refractivity contribution in [1.29, 1.82) is 0 Å². The molecule has 0 aliphatic rings. The van der Waals surface area contributed by atoms with Crippen molar-refractivity contribution in [3.05, 3.63) is 28.5 Å². The van der Waals surface area contributed by atoms with Crippen LogP contribution in [0.3, 0.4) is 0 Å². The third kappa shape index (κ3) is 5.28. The average molecular weight is 307 g/mol. The first-order chi connectivity index (χ1) is 10.3. The SMILES string of the molecule is CCCNc1cc(NCc2nccs2)nc(COCC)n1. The van der Waals surface area contributed by atoms with Gasteiger partial charge in [-0.3, -0.25) is 0 Å². The number of thiazole rings is 1. The van der Waals surface area contributed by atoms with Gasteiger partial charge < -0.3 is 15.4 Å². The van der Waals surface area contributed by atoms with E-state index in [9.17, 15) is 0 Å². The number of hydrogen-bond acceptors (Lipinski definition) is 7. The van der Waals surface area contributed by atoms with E-state index in [1.165, 1.54) is 0 Å². The van der Waals surface area contributed by atoms with Gasteiger partial charge in [0.15, 0.2) is 5.82 Å². The summed E-state index contributed by atoms with van der Waals surface area (Å²) in [6, 6.07) is 1.92. The van der Waals surface area contributed by atoms with Crippen LogP contribution in [0.15, 0.2) is 17.6 Å². The van der Waals surface area contributed by atoms with E-state index >= 15 is 0 Å². The van der Waals surface area contributed by atoms with Crippen molar-refractivity contribution in [1.82, 2.24) is 15.0 Å². The molecule has 0 amide bonds. The molecule has 2 aromatic heterocycles. The molecule has 0 aromatic carbocycles. The average Bonchev–Trinajstić information content (AvgIpc) is 3.02. The van der Waals surface area contributed by atoms with E-state index in [2.05, 4.69) is 32.5 Å². The Morgan fingerprint density at radius 2 is 2.00 bits per heavy atom. The highest BCUT2D eigenvalue weighted by atomic mass is 32.1. The lowest BCUT2D eigenvalue weighted by atomic mass is 10.4. The third-order valence-corrected chi connectivity index (χ3v) is 3.45. The van der Waals surface area contributed by atoms with E-state index in [-0.39, 0.29) is 0 Å². The molecular weight excluding hydrogens is 286 g/mol. The first kappa shape index (κ1) is 15.7. The van der Waals surface area contributed by atoms with Crippen LogP contribution in [0.2, 0.25) is 0 Å². The molecule has 0 unspecified atom stereocenters. The van der Waals surface area contributed by atoms with Crippen LogP contribution >= 0.6 is 11.3 Å². The van der Waals surface area contributed by atoms with Gasteiger partial charge in [-0.2, -0.15) is 0 Å². The summed E-state index contributed by atoms with van der Waals surface area (Å²) in [5, 5.41) is 9.56. The van der Waals surface area contributed by atoms with Crippen molar-refractivity contribution >= 4 is 23.0 Å². The van der Waals surface area contributed by atoms with Crippen molar-refractivity contribution in [3.63, 3.8) is 0 Å². The molecular formula is C14H21N5OS. The van der Waals surface area contributed by atoms with Gasteiger partial charge in [0.25, 0.3) is 0 Å². The van der Waals surface area contributed by atoms with Crippen LogP contribution in [0.1, 0.15) is 31.1 Å². The Bertz CT molecular complexity index is 506. The van der Waals surface area contributed by atoms with Gasteiger partial charge >= 0.3 is 0 Å². The van der Waals surface area contributed by atoms with Crippen molar-refractivity contribution in [2.24, 2.45) is 0 Å². The molecule has 0 atom stereocenters. The van der Waals surface area contributed by atoms with E-state index in [1.807, 2.05) is 18.4 Å². The number of hydrogen-bond donors (Lipinski definition) is 2. The van der Waals surface area contributed by atoms with Crippen LogP contribution in [-0.2, 0) is 17.9 Å². The summed E-state index contributed by atoms with van der Waals surface area (Å²) in [6.07, 6.45) is 2.85. The second kappa shape index (κ2) is 8.53. The minimum Gasteiger partial charge on any atom is -0.374 e. The molecule has 2 aromatic rings. The highest BCUT2D eigenvalue weighted by Gasteiger charge is 2.05. The number of ether oxygens (including phenoxy) is 1. The standard InChI is InChI=1S/C14H21N5OS/c1-3-5-15-11-8-12(17-9-14-16-6-7-21-14)19-13(18-11)10-20-4-2/h6-8H,3-5,9-10H2,1-2H3,(H2,15,17,18,19). The van der Waals surface area contributed by atoms with Gasteiger partial charge in [-0.1, -0.05) is 6.92 Å². The molecule has 2 N–H and O–H groups in total. The predicted molar refractivity (Wildman–Crippen MR) is 85.6 cm³/mol. The number of aromatic nitrogens is 3. The Morgan fingerprint density at radius 3 is 2.67 bits per heavy atom. The van der Waals surface area contributed by atoms with E-state index in [0.29, 0.717) is 25.6 Å². The van der Waals surface area contributed by atoms with Crippen LogP contribution in [0, 0.1) is 0 Å². The fourth-order valence-corrected chi connectivity index (χ4v) is 2.25. The van der Waals surface area contributed by atoms with Crippen LogP contribution in [0.25, 0.3) is 0 Å². The Hall–Kier alpha value is -1.73. The molecule has 0 fully saturated rings. The topological polar surface area (TPSA) is 72.0 Å². The largest absolute Gasteiger partial charge is 0.374 e. The number of nitrogens with one attached hydrogen (secondary N) is 2. The van der Waals surface area contributed by atoms with E-state index in [1.54, 1.807) is 17.5 Å². The van der Waals surface area contributed by atoms with Gasteiger partial charge in [0.1, 0.15) is 23.3 Å². The maximum absolute atomic E-state index is 5.39. The lowest BCUT2D eigenvalue weighted by Crippen LogP contribution is -2.09. The van der Waals surface area contributed by atoms with Crippen molar-refractivity contribution in [3.8, 4) is 0 Å². The van der Waals surface area contributed by atoms with Gasteiger partial charge in [0, 0.05) is 30.8 Å². The zero-order valence-corrected chi connectivity index (χ0v) is 13.2. The highest BCUT2D eigenvalue weighted by molar-refractivity contribution is 7.09. The second-order valence-corrected chi connectivity index (χ2v) is 5.38. The van der Waals surface area contributed by atoms with Crippen molar-refractivity contribution in [2.75, 3.05) is 23.8 Å². The fourth-order valence-electron chi connectivity index (χ4n) is 1.70. The first-order valence-electron chi connectivity index (χ1n) is 7.13. The molecule has 0 bridgehead atoms. The van der Waals surface area contributed by atoms with Gasteiger partial charge in [-0.05, 0) is 13.3 Å². The second-order valence-electron chi connectivity index (χ2n) is 4.40. The lowest BCUT2D eigenvalue weighted by molar-refractivity contribution is 0.128. The molecule has 0 spiro atoms. The number of nitrogens with zero attached hydrogens (tertiary/aromatic N) is 3. The van der Waals surface area contributed by atoms with Crippen LogP contribution < -0.4 is 10.6 Å². The summed E-state index contributed by atoms with van der Waals surface area (Å²) >= 11 is 1.62. The molecule has 0 saturated carbocycles. The molecule has 6 nitrogen and oxygen atoms in total. The van der Waals surface area contributed by atoms with E-state index < -0.39 is 0 Å². The molecule has 2 heterocycles. The first-order valence-corrected chi connectivity index (χ1v) is 8.01. The third-order valence-electron chi connectivity index (χ3n) is 2.67. The van der Waals surface area contributed by atoms with Crippen molar-refractivity contribution < 1.29 is 4.74 Å². The maximum Gasteiger partial charge on any atom is 0.158 e. The number of rotatable bonds is 9. The smallest absolute Gasteiger partial charge is 0.158 e. The van der Waals surface area contributed by atoms with Gasteiger partial charge in [-0.25, -0.2) is 15.0 Å². The fraction of sp³-hybridized carbons (Fsp3) is 0.500. The predicted octanol–water partition coefficient (Wildman–Crippen LogP) is 2.90. The summed E-state index contributed by atoms with van der Waals surface area (Å²) < 4.78 is 5.39. The van der Waals surface area contributed by atoms with Crippen LogP contribution in [0.4, 0.5) is 11.6 Å². The molecule has 0 aliphatic carbocycles. The summed E-state index contributed by atoms with van der Waals surface area (Å²) in [5.74, 6) is 2.29. The summed E-state index contributed by atoms with van der Waals surface area (Å²) in [5.41, 5.74) is 0. The Balaban J connectivity index is 2.05. The van der Waals surface area contributed by atoms with E-state index in [0.717, 1.165) is 29.6 Å². The van der Waals surface area contributed by atoms with Crippen molar-refractivity contribution in [2.45, 2.75) is 33.4 Å². The zero-order chi connectivity index (χ0) is 14.9. The Morgan fingerprint density at radius 1 is 1.19 bits per heavy atom. The van der Waals surface area contributed by atoms with Crippen LogP contribution in [0.5, 0.6) is 0 Å². The van der Waals surface area contributed by atoms with Crippen LogP contribution in [-0.4, -0.2) is 28.1 Å². The summed E-state index contributed by atoms with van der Waals surface area (Å²) in [4.78, 5) is 13.2. The molecule has 0 aliphatic heterocycles. The van der Waals surface area contributed by atoms with Gasteiger partial charge in [0.2, 0.25) is 0 Å². The molecule has 0 saturated heterocycles. The van der Waals surface area contributed by atoms with E-state index in [4.69, 9.17) is 4.74 Å². The lowest BCUT2D eigenvalue weighted by Gasteiger charge is -2.10. The Kier molecular flexibility index (Phi) is 6.36. The minimum absolute atomic E-state index is 0.421. The minimum atomic E-state index is 0.421. The number of anilines is 2. The maximum atomic E-state index is 5.39. The normalized spacial score (nSPS) is 10.6. The molecule has 0 radical (unpaired) electrons. The molecule has 7 heteroatoms. The Labute approximate surface area is 129 Å². The molecule has 21 heavy (non-hydrogen) atoms. The van der Waals surface area contributed by atoms with Gasteiger partial charge in [0.05, 0.1) is 6.54 Å². The summed E-state index contributed by atoms with van der Waals surface area (Å²) in [7, 11) is 0. The quantitative estimate of drug-likeness (QED) is 0.742.